The van der Waals surface area contributed by atoms with Crippen molar-refractivity contribution in [3.05, 3.63) is 52.2 Å². The molecular formula is C29H36N4O4. The molecule has 1 atom stereocenters. The summed E-state index contributed by atoms with van der Waals surface area (Å²) in [5, 5.41) is 5.84. The molecule has 2 heterocycles. The van der Waals surface area contributed by atoms with E-state index in [1.807, 2.05) is 13.0 Å². The Hall–Kier alpha value is -3.10. The van der Waals surface area contributed by atoms with Gasteiger partial charge >= 0.3 is 0 Å². The molecule has 2 saturated heterocycles. The van der Waals surface area contributed by atoms with Crippen molar-refractivity contribution in [3.8, 4) is 0 Å². The van der Waals surface area contributed by atoms with Crippen molar-refractivity contribution in [2.24, 2.45) is 5.92 Å². The number of nitrogens with one attached hydrogen (secondary N) is 2. The standard InChI is InChI=1S/C29H36N4O4/c1-19-15-21-27(23(16-19)31-25(35)18-33-13-6-3-7-14-33)28(36)20-9-8-10-22(26(20)29(21)37)30-24(34)17-32-11-4-2-5-12-32/h8-10,16,19H,2-7,11-15,17-18H2,1H3,(H,30,34)(H,31,35). The van der Waals surface area contributed by atoms with Gasteiger partial charge in [0, 0.05) is 16.8 Å². The second kappa shape index (κ2) is 11.1. The lowest BCUT2D eigenvalue weighted by molar-refractivity contribution is -0.121. The number of amides is 2. The number of rotatable bonds is 6. The van der Waals surface area contributed by atoms with Gasteiger partial charge in [-0.1, -0.05) is 38.0 Å². The molecule has 37 heavy (non-hydrogen) atoms. The van der Waals surface area contributed by atoms with E-state index in [4.69, 9.17) is 0 Å². The van der Waals surface area contributed by atoms with E-state index in [-0.39, 0.29) is 53.5 Å². The maximum Gasteiger partial charge on any atom is 0.238 e. The van der Waals surface area contributed by atoms with E-state index in [9.17, 15) is 19.2 Å². The van der Waals surface area contributed by atoms with Crippen LogP contribution in [-0.2, 0) is 9.59 Å². The number of allylic oxidation sites excluding steroid dienone is 3. The van der Waals surface area contributed by atoms with Gasteiger partial charge in [0.1, 0.15) is 0 Å². The molecule has 8 nitrogen and oxygen atoms in total. The Morgan fingerprint density at radius 3 is 2.05 bits per heavy atom. The zero-order valence-electron chi connectivity index (χ0n) is 21.6. The minimum atomic E-state index is -0.284. The molecule has 0 bridgehead atoms. The van der Waals surface area contributed by atoms with Gasteiger partial charge in [-0.3, -0.25) is 29.0 Å². The lowest BCUT2D eigenvalue weighted by Gasteiger charge is -2.30. The Morgan fingerprint density at radius 2 is 1.43 bits per heavy atom. The average molecular weight is 505 g/mol. The number of anilines is 1. The van der Waals surface area contributed by atoms with Crippen LogP contribution < -0.4 is 10.6 Å². The summed E-state index contributed by atoms with van der Waals surface area (Å²) in [6.45, 7) is 6.10. The van der Waals surface area contributed by atoms with E-state index in [2.05, 4.69) is 20.4 Å². The summed E-state index contributed by atoms with van der Waals surface area (Å²) in [6.07, 6.45) is 9.01. The summed E-state index contributed by atoms with van der Waals surface area (Å²) >= 11 is 0. The Bertz CT molecular complexity index is 1170. The van der Waals surface area contributed by atoms with E-state index < -0.39 is 0 Å². The fourth-order valence-electron chi connectivity index (χ4n) is 5.98. The summed E-state index contributed by atoms with van der Waals surface area (Å²) in [6, 6.07) is 5.01. The molecule has 196 valence electrons. The zero-order chi connectivity index (χ0) is 25.9. The van der Waals surface area contributed by atoms with E-state index >= 15 is 0 Å². The molecule has 4 aliphatic rings. The molecular weight excluding hydrogens is 468 g/mol. The molecule has 1 aromatic rings. The highest BCUT2D eigenvalue weighted by Gasteiger charge is 2.38. The maximum atomic E-state index is 13.8. The molecule has 1 aromatic carbocycles. The number of ketones is 2. The van der Waals surface area contributed by atoms with Crippen LogP contribution in [0.2, 0.25) is 0 Å². The van der Waals surface area contributed by atoms with Crippen LogP contribution in [0, 0.1) is 5.92 Å². The van der Waals surface area contributed by atoms with Gasteiger partial charge < -0.3 is 10.6 Å². The fraction of sp³-hybridized carbons (Fsp3) is 0.517. The summed E-state index contributed by atoms with van der Waals surface area (Å²) in [7, 11) is 0. The van der Waals surface area contributed by atoms with E-state index in [1.165, 1.54) is 12.8 Å². The van der Waals surface area contributed by atoms with Crippen LogP contribution in [0.3, 0.4) is 0 Å². The van der Waals surface area contributed by atoms with Crippen molar-refractivity contribution in [3.63, 3.8) is 0 Å². The molecule has 5 rings (SSSR count). The number of likely N-dealkylation sites (tertiary alicyclic amines) is 2. The Balaban J connectivity index is 1.36. The third kappa shape index (κ3) is 5.60. The molecule has 2 N–H and O–H groups in total. The van der Waals surface area contributed by atoms with Gasteiger partial charge in [0.15, 0.2) is 11.6 Å². The van der Waals surface area contributed by atoms with Crippen molar-refractivity contribution in [2.75, 3.05) is 44.6 Å². The molecule has 0 radical (unpaired) electrons. The first kappa shape index (κ1) is 25.5. The first-order chi connectivity index (χ1) is 17.9. The minimum absolute atomic E-state index is 0.0109. The first-order valence-electron chi connectivity index (χ1n) is 13.6. The number of carbonyl (C=O) groups excluding carboxylic acids is 4. The fourth-order valence-corrected chi connectivity index (χ4v) is 5.98. The number of carbonyl (C=O) groups is 4. The summed E-state index contributed by atoms with van der Waals surface area (Å²) in [5.41, 5.74) is 2.04. The molecule has 2 aliphatic carbocycles. The molecule has 0 aromatic heterocycles. The van der Waals surface area contributed by atoms with Gasteiger partial charge in [-0.05, 0) is 70.3 Å². The number of Topliss-reactive ketones (excluding diaryl/α,β-unsaturated/α-hetero) is 2. The molecule has 8 heteroatoms. The van der Waals surface area contributed by atoms with Crippen LogP contribution in [0.1, 0.15) is 72.6 Å². The average Bonchev–Trinajstić information content (AvgIpc) is 2.88. The van der Waals surface area contributed by atoms with E-state index in [1.54, 1.807) is 18.2 Å². The number of fused-ring (bicyclic) bond motifs is 1. The van der Waals surface area contributed by atoms with Gasteiger partial charge in [0.25, 0.3) is 0 Å². The summed E-state index contributed by atoms with van der Waals surface area (Å²) < 4.78 is 0. The monoisotopic (exact) mass is 504 g/mol. The number of nitrogens with zero attached hydrogens (tertiary/aromatic N) is 2. The van der Waals surface area contributed by atoms with Crippen LogP contribution >= 0.6 is 0 Å². The lowest BCUT2D eigenvalue weighted by atomic mass is 9.75. The topological polar surface area (TPSA) is 98.8 Å². The molecule has 0 saturated carbocycles. The molecule has 2 aliphatic heterocycles. The van der Waals surface area contributed by atoms with Crippen molar-refractivity contribution in [1.82, 2.24) is 15.1 Å². The smallest absolute Gasteiger partial charge is 0.238 e. The molecule has 2 amide bonds. The minimum Gasteiger partial charge on any atom is -0.325 e. The van der Waals surface area contributed by atoms with Crippen molar-refractivity contribution < 1.29 is 19.2 Å². The number of piperidine rings is 2. The molecule has 1 unspecified atom stereocenters. The van der Waals surface area contributed by atoms with Crippen LogP contribution in [0.4, 0.5) is 5.69 Å². The first-order valence-corrected chi connectivity index (χ1v) is 13.6. The highest BCUT2D eigenvalue weighted by molar-refractivity contribution is 6.31. The van der Waals surface area contributed by atoms with Crippen molar-refractivity contribution in [1.29, 1.82) is 0 Å². The van der Waals surface area contributed by atoms with Crippen LogP contribution in [-0.4, -0.2) is 72.4 Å². The highest BCUT2D eigenvalue weighted by Crippen LogP contribution is 2.39. The number of hydrogen-bond donors (Lipinski definition) is 2. The van der Waals surface area contributed by atoms with Crippen molar-refractivity contribution >= 4 is 29.1 Å². The SMILES string of the molecule is CC1C=C(NC(=O)CN2CCCCC2)C2=C(C1)C(=O)c1c(NC(=O)CN3CCCCC3)cccc1C2=O. The van der Waals surface area contributed by atoms with E-state index in [0.29, 0.717) is 29.0 Å². The van der Waals surface area contributed by atoms with Crippen molar-refractivity contribution in [2.45, 2.75) is 51.9 Å². The lowest BCUT2D eigenvalue weighted by Crippen LogP contribution is -2.41. The van der Waals surface area contributed by atoms with Gasteiger partial charge in [-0.2, -0.15) is 0 Å². The molecule has 2 fully saturated rings. The predicted molar refractivity (Wildman–Crippen MR) is 141 cm³/mol. The second-order valence-corrected chi connectivity index (χ2v) is 10.8. The van der Waals surface area contributed by atoms with Gasteiger partial charge in [-0.25, -0.2) is 0 Å². The normalized spacial score (nSPS) is 22.7. The van der Waals surface area contributed by atoms with Crippen LogP contribution in [0.25, 0.3) is 0 Å². The maximum absolute atomic E-state index is 13.8. The van der Waals surface area contributed by atoms with E-state index in [0.717, 1.165) is 51.9 Å². The number of benzene rings is 1. The summed E-state index contributed by atoms with van der Waals surface area (Å²) in [4.78, 5) is 57.4. The third-order valence-electron chi connectivity index (χ3n) is 7.77. The Labute approximate surface area is 218 Å². The predicted octanol–water partition coefficient (Wildman–Crippen LogP) is 3.31. The Kier molecular flexibility index (Phi) is 7.67. The Morgan fingerprint density at radius 1 is 0.838 bits per heavy atom. The summed E-state index contributed by atoms with van der Waals surface area (Å²) in [5.74, 6) is -0.894. The molecule has 0 spiro atoms. The highest BCUT2D eigenvalue weighted by atomic mass is 16.2. The second-order valence-electron chi connectivity index (χ2n) is 10.8. The van der Waals surface area contributed by atoms with Crippen LogP contribution in [0.5, 0.6) is 0 Å². The largest absolute Gasteiger partial charge is 0.325 e. The van der Waals surface area contributed by atoms with Gasteiger partial charge in [0.2, 0.25) is 11.8 Å². The third-order valence-corrected chi connectivity index (χ3v) is 7.77. The quantitative estimate of drug-likeness (QED) is 0.617. The zero-order valence-corrected chi connectivity index (χ0v) is 21.6. The van der Waals surface area contributed by atoms with Gasteiger partial charge in [0.05, 0.1) is 29.9 Å². The van der Waals surface area contributed by atoms with Gasteiger partial charge in [-0.15, -0.1) is 0 Å². The van der Waals surface area contributed by atoms with Crippen LogP contribution in [0.15, 0.2) is 41.1 Å². The number of hydrogen-bond acceptors (Lipinski definition) is 6.